The molecule has 3 rings (SSSR count). The van der Waals surface area contributed by atoms with E-state index in [1.165, 1.54) is 16.7 Å². The van der Waals surface area contributed by atoms with Crippen LogP contribution in [-0.4, -0.2) is 23.2 Å². The summed E-state index contributed by atoms with van der Waals surface area (Å²) in [5.74, 6) is -4.29. The van der Waals surface area contributed by atoms with Crippen molar-refractivity contribution >= 4 is 23.4 Å². The van der Waals surface area contributed by atoms with Crippen LogP contribution in [0.5, 0.6) is 0 Å². The van der Waals surface area contributed by atoms with E-state index < -0.39 is 23.4 Å². The van der Waals surface area contributed by atoms with Gasteiger partial charge in [-0.15, -0.1) is 11.8 Å². The molecule has 1 aromatic heterocycles. The Kier molecular flexibility index (Phi) is 3.59. The third kappa shape index (κ3) is 2.49. The second-order valence-corrected chi connectivity index (χ2v) is 5.47. The molecule has 2 heterocycles. The molecule has 0 radical (unpaired) electrons. The predicted molar refractivity (Wildman–Crippen MR) is 73.0 cm³/mol. The lowest BCUT2D eigenvalue weighted by Crippen LogP contribution is -2.35. The summed E-state index contributed by atoms with van der Waals surface area (Å²) in [4.78, 5) is 18.0. The Morgan fingerprint density at radius 2 is 1.95 bits per heavy atom. The van der Waals surface area contributed by atoms with Gasteiger partial charge in [0.2, 0.25) is 0 Å². The Morgan fingerprint density at radius 1 is 1.24 bits per heavy atom. The molecule has 0 unspecified atom stereocenters. The molecule has 0 fully saturated rings. The maximum atomic E-state index is 13.3. The molecule has 108 valence electrons. The van der Waals surface area contributed by atoms with E-state index in [0.29, 0.717) is 35.1 Å². The van der Waals surface area contributed by atoms with Crippen LogP contribution in [0, 0.1) is 17.5 Å². The first-order chi connectivity index (χ1) is 10.1. The number of rotatable bonds is 1. The number of hydrogen-bond acceptors (Lipinski definition) is 3. The van der Waals surface area contributed by atoms with Crippen LogP contribution in [0.3, 0.4) is 0 Å². The monoisotopic (exact) mass is 310 g/mol. The minimum atomic E-state index is -1.58. The molecular weight excluding hydrogens is 301 g/mol. The highest BCUT2D eigenvalue weighted by Crippen LogP contribution is 2.33. The largest absolute Gasteiger partial charge is 0.305 e. The molecule has 1 amide bonds. The number of hydrogen-bond donors (Lipinski definition) is 0. The maximum Gasteiger partial charge on any atom is 0.258 e. The third-order valence-electron chi connectivity index (χ3n) is 3.07. The zero-order valence-electron chi connectivity index (χ0n) is 10.6. The minimum Gasteiger partial charge on any atom is -0.305 e. The van der Waals surface area contributed by atoms with Gasteiger partial charge in [-0.3, -0.25) is 4.79 Å². The lowest BCUT2D eigenvalue weighted by Gasteiger charge is -2.28. The Hall–Kier alpha value is -2.02. The summed E-state index contributed by atoms with van der Waals surface area (Å²) in [6, 6.07) is 4.80. The van der Waals surface area contributed by atoms with Gasteiger partial charge < -0.3 is 4.90 Å². The van der Waals surface area contributed by atoms with Crippen LogP contribution in [0.25, 0.3) is 0 Å². The second kappa shape index (κ2) is 5.40. The topological polar surface area (TPSA) is 33.2 Å². The Bertz CT molecular complexity index is 700. The zero-order chi connectivity index (χ0) is 15.0. The van der Waals surface area contributed by atoms with E-state index in [1.807, 2.05) is 0 Å². The number of carbonyl (C=O) groups excluding carboxylic acids is 1. The highest BCUT2D eigenvalue weighted by atomic mass is 32.2. The summed E-state index contributed by atoms with van der Waals surface area (Å²) in [6.07, 6.45) is 1.61. The molecule has 3 nitrogen and oxygen atoms in total. The first kappa shape index (κ1) is 13.9. The number of carbonyl (C=O) groups is 1. The summed E-state index contributed by atoms with van der Waals surface area (Å²) in [7, 11) is 0. The number of aromatic nitrogens is 1. The van der Waals surface area contributed by atoms with Gasteiger partial charge in [0, 0.05) is 24.1 Å². The van der Waals surface area contributed by atoms with E-state index in [2.05, 4.69) is 4.98 Å². The number of fused-ring (bicyclic) bond motifs is 1. The van der Waals surface area contributed by atoms with E-state index in [0.717, 1.165) is 0 Å². The van der Waals surface area contributed by atoms with Crippen molar-refractivity contribution in [1.82, 2.24) is 4.98 Å². The summed E-state index contributed by atoms with van der Waals surface area (Å²) in [6.45, 7) is 0.392. The van der Waals surface area contributed by atoms with E-state index in [9.17, 15) is 18.0 Å². The number of amides is 1. The van der Waals surface area contributed by atoms with E-state index in [-0.39, 0.29) is 5.56 Å². The number of benzene rings is 1. The van der Waals surface area contributed by atoms with E-state index in [4.69, 9.17) is 0 Å². The molecule has 0 N–H and O–H groups in total. The molecule has 0 aliphatic carbocycles. The number of thioether (sulfide) groups is 1. The van der Waals surface area contributed by atoms with Crippen LogP contribution in [0.15, 0.2) is 35.5 Å². The van der Waals surface area contributed by atoms with Gasteiger partial charge in [0.1, 0.15) is 5.03 Å². The lowest BCUT2D eigenvalue weighted by molar-refractivity contribution is 0.0986. The highest BCUT2D eigenvalue weighted by Gasteiger charge is 2.26. The summed E-state index contributed by atoms with van der Waals surface area (Å²) >= 11 is 1.50. The van der Waals surface area contributed by atoms with Gasteiger partial charge in [-0.2, -0.15) is 0 Å². The van der Waals surface area contributed by atoms with E-state index >= 15 is 0 Å². The average molecular weight is 310 g/mol. The van der Waals surface area contributed by atoms with Gasteiger partial charge >= 0.3 is 0 Å². The van der Waals surface area contributed by atoms with Gasteiger partial charge in [-0.1, -0.05) is 0 Å². The molecule has 0 spiro atoms. The molecule has 21 heavy (non-hydrogen) atoms. The smallest absolute Gasteiger partial charge is 0.258 e. The maximum absolute atomic E-state index is 13.3. The number of halogens is 3. The molecule has 1 aromatic carbocycles. The normalized spacial score (nSPS) is 14.0. The van der Waals surface area contributed by atoms with Crippen LogP contribution in [0.2, 0.25) is 0 Å². The van der Waals surface area contributed by atoms with Gasteiger partial charge in [0.15, 0.2) is 17.5 Å². The Balaban J connectivity index is 2.00. The third-order valence-corrected chi connectivity index (χ3v) is 4.05. The van der Waals surface area contributed by atoms with Gasteiger partial charge in [-0.25, -0.2) is 18.2 Å². The van der Waals surface area contributed by atoms with Crippen molar-refractivity contribution in [2.24, 2.45) is 0 Å². The number of anilines is 1. The average Bonchev–Trinajstić information content (AvgIpc) is 2.51. The van der Waals surface area contributed by atoms with Crippen molar-refractivity contribution in [3.8, 4) is 0 Å². The van der Waals surface area contributed by atoms with Gasteiger partial charge in [0.05, 0.1) is 5.69 Å². The Morgan fingerprint density at radius 3 is 2.67 bits per heavy atom. The Labute approximate surface area is 122 Å². The fraction of sp³-hybridized carbons (Fsp3) is 0.143. The minimum absolute atomic E-state index is 0.229. The van der Waals surface area contributed by atoms with Crippen LogP contribution >= 0.6 is 11.8 Å². The van der Waals surface area contributed by atoms with E-state index in [1.54, 1.807) is 18.3 Å². The molecule has 0 atom stereocenters. The SMILES string of the molecule is O=C(c1cc(F)c(F)c(F)c1)N1CCSc2ncccc21. The van der Waals surface area contributed by atoms with Crippen LogP contribution < -0.4 is 4.90 Å². The first-order valence-electron chi connectivity index (χ1n) is 6.12. The molecular formula is C14H9F3N2OS. The highest BCUT2D eigenvalue weighted by molar-refractivity contribution is 7.99. The van der Waals surface area contributed by atoms with Crippen LogP contribution in [0.1, 0.15) is 10.4 Å². The molecule has 7 heteroatoms. The molecule has 0 bridgehead atoms. The van der Waals surface area contributed by atoms with Crippen molar-refractivity contribution in [3.05, 3.63) is 53.5 Å². The standard InChI is InChI=1S/C14H9F3N2OS/c15-9-6-8(7-10(16)12(9)17)14(20)19-4-5-21-13-11(19)2-1-3-18-13/h1-3,6-7H,4-5H2. The second-order valence-electron chi connectivity index (χ2n) is 4.39. The molecule has 2 aromatic rings. The van der Waals surface area contributed by atoms with Crippen LogP contribution in [-0.2, 0) is 0 Å². The molecule has 0 saturated heterocycles. The van der Waals surface area contributed by atoms with Crippen molar-refractivity contribution in [1.29, 1.82) is 0 Å². The fourth-order valence-electron chi connectivity index (χ4n) is 2.10. The van der Waals surface area contributed by atoms with Crippen LogP contribution in [0.4, 0.5) is 18.9 Å². The summed E-state index contributed by atoms with van der Waals surface area (Å²) in [5, 5.41) is 0.681. The van der Waals surface area contributed by atoms with Gasteiger partial charge in [-0.05, 0) is 24.3 Å². The van der Waals surface area contributed by atoms with Crippen molar-refractivity contribution in [2.45, 2.75) is 5.03 Å². The summed E-state index contributed by atoms with van der Waals surface area (Å²) in [5.41, 5.74) is 0.358. The van der Waals surface area contributed by atoms with Crippen molar-refractivity contribution in [3.63, 3.8) is 0 Å². The first-order valence-corrected chi connectivity index (χ1v) is 7.10. The fourth-order valence-corrected chi connectivity index (χ4v) is 3.03. The molecule has 1 aliphatic rings. The quantitative estimate of drug-likeness (QED) is 0.758. The summed E-state index contributed by atoms with van der Waals surface area (Å²) < 4.78 is 39.5. The number of pyridine rings is 1. The predicted octanol–water partition coefficient (Wildman–Crippen LogP) is 3.25. The van der Waals surface area contributed by atoms with Crippen molar-refractivity contribution < 1.29 is 18.0 Å². The van der Waals surface area contributed by atoms with Crippen molar-refractivity contribution in [2.75, 3.05) is 17.2 Å². The molecule has 0 saturated carbocycles. The van der Waals surface area contributed by atoms with Gasteiger partial charge in [0.25, 0.3) is 5.91 Å². The number of nitrogens with zero attached hydrogens (tertiary/aromatic N) is 2. The lowest BCUT2D eigenvalue weighted by atomic mass is 10.1. The zero-order valence-corrected chi connectivity index (χ0v) is 11.5. The molecule has 1 aliphatic heterocycles.